The molecule has 4 heteroatoms. The molecule has 0 bridgehead atoms. The first kappa shape index (κ1) is 18.6. The maximum atomic E-state index is 12.7. The Labute approximate surface area is 160 Å². The van der Waals surface area contributed by atoms with Crippen LogP contribution in [0.2, 0.25) is 0 Å². The summed E-state index contributed by atoms with van der Waals surface area (Å²) in [5.41, 5.74) is 3.73. The molecule has 0 aliphatic heterocycles. The second-order valence-corrected chi connectivity index (χ2v) is 6.50. The van der Waals surface area contributed by atoms with Gasteiger partial charge in [0.25, 0.3) is 5.91 Å². The van der Waals surface area contributed by atoms with Crippen LogP contribution >= 0.6 is 0 Å². The molecule has 0 radical (unpaired) electrons. The van der Waals surface area contributed by atoms with Gasteiger partial charge in [0.05, 0.1) is 6.04 Å². The molecule has 0 saturated heterocycles. The highest BCUT2D eigenvalue weighted by Crippen LogP contribution is 2.18. The van der Waals surface area contributed by atoms with E-state index in [4.69, 9.17) is 0 Å². The molecule has 0 saturated carbocycles. The van der Waals surface area contributed by atoms with Gasteiger partial charge in [-0.15, -0.1) is 0 Å². The number of carbonyl (C=O) groups is 1. The third-order valence-electron chi connectivity index (χ3n) is 4.59. The highest BCUT2D eigenvalue weighted by Gasteiger charge is 2.14. The van der Waals surface area contributed by atoms with Crippen molar-refractivity contribution in [1.29, 1.82) is 0 Å². The Morgan fingerprint density at radius 1 is 1.04 bits per heavy atom. The standard InChI is InChI=1S/C23H25N3O/c1-3-26(17-19-10-6-4-7-11-19)21-14-15-24-22(16-21)23(27)25-18(2)20-12-8-5-9-13-20/h4-16,18H,3,17H2,1-2H3,(H,25,27). The molecule has 1 unspecified atom stereocenters. The monoisotopic (exact) mass is 359 g/mol. The Kier molecular flexibility index (Phi) is 6.21. The van der Waals surface area contributed by atoms with Gasteiger partial charge >= 0.3 is 0 Å². The fraction of sp³-hybridized carbons (Fsp3) is 0.217. The molecule has 3 rings (SSSR count). The minimum atomic E-state index is -0.163. The minimum Gasteiger partial charge on any atom is -0.367 e. The van der Waals surface area contributed by atoms with Gasteiger partial charge in [0.2, 0.25) is 0 Å². The maximum Gasteiger partial charge on any atom is 0.270 e. The molecule has 2 aromatic carbocycles. The van der Waals surface area contributed by atoms with E-state index in [0.717, 1.165) is 24.3 Å². The Morgan fingerprint density at radius 3 is 2.37 bits per heavy atom. The summed E-state index contributed by atoms with van der Waals surface area (Å²) in [6, 6.07) is 24.0. The number of hydrogen-bond acceptors (Lipinski definition) is 3. The van der Waals surface area contributed by atoms with Gasteiger partial charge in [-0.25, -0.2) is 0 Å². The van der Waals surface area contributed by atoms with Crippen LogP contribution < -0.4 is 10.2 Å². The molecule has 0 spiro atoms. The summed E-state index contributed by atoms with van der Waals surface area (Å²) in [6.45, 7) is 5.73. The van der Waals surface area contributed by atoms with Gasteiger partial charge in [-0.2, -0.15) is 0 Å². The molecule has 1 heterocycles. The number of benzene rings is 2. The Hall–Kier alpha value is -3.14. The van der Waals surface area contributed by atoms with E-state index in [-0.39, 0.29) is 11.9 Å². The van der Waals surface area contributed by atoms with Crippen LogP contribution in [-0.4, -0.2) is 17.4 Å². The third-order valence-corrected chi connectivity index (χ3v) is 4.59. The van der Waals surface area contributed by atoms with Gasteiger partial charge in [0.15, 0.2) is 0 Å². The summed E-state index contributed by atoms with van der Waals surface area (Å²) >= 11 is 0. The number of anilines is 1. The van der Waals surface area contributed by atoms with E-state index in [9.17, 15) is 4.79 Å². The predicted molar refractivity (Wildman–Crippen MR) is 110 cm³/mol. The van der Waals surface area contributed by atoms with Crippen LogP contribution in [0, 0.1) is 0 Å². The average molecular weight is 359 g/mol. The van der Waals surface area contributed by atoms with Crippen LogP contribution in [0.3, 0.4) is 0 Å². The van der Waals surface area contributed by atoms with E-state index in [0.29, 0.717) is 5.69 Å². The van der Waals surface area contributed by atoms with Crippen LogP contribution in [0.15, 0.2) is 79.0 Å². The molecule has 1 N–H and O–H groups in total. The molecule has 1 amide bonds. The van der Waals surface area contributed by atoms with Crippen LogP contribution in [0.5, 0.6) is 0 Å². The Balaban J connectivity index is 1.73. The lowest BCUT2D eigenvalue weighted by molar-refractivity contribution is 0.0935. The number of carbonyl (C=O) groups excluding carboxylic acids is 1. The molecule has 0 aliphatic carbocycles. The number of nitrogens with zero attached hydrogens (tertiary/aromatic N) is 2. The fourth-order valence-electron chi connectivity index (χ4n) is 3.03. The number of nitrogens with one attached hydrogen (secondary N) is 1. The normalized spacial score (nSPS) is 11.6. The molecular formula is C23H25N3O. The molecule has 3 aromatic rings. The zero-order valence-corrected chi connectivity index (χ0v) is 15.8. The summed E-state index contributed by atoms with van der Waals surface area (Å²) in [6.07, 6.45) is 1.70. The van der Waals surface area contributed by atoms with Gasteiger partial charge in [0, 0.05) is 25.0 Å². The van der Waals surface area contributed by atoms with E-state index in [1.165, 1.54) is 5.56 Å². The highest BCUT2D eigenvalue weighted by molar-refractivity contribution is 5.93. The van der Waals surface area contributed by atoms with E-state index in [1.54, 1.807) is 6.20 Å². The van der Waals surface area contributed by atoms with Gasteiger partial charge in [-0.3, -0.25) is 9.78 Å². The molecule has 4 nitrogen and oxygen atoms in total. The first-order chi connectivity index (χ1) is 13.2. The summed E-state index contributed by atoms with van der Waals surface area (Å²) in [5, 5.41) is 3.03. The smallest absolute Gasteiger partial charge is 0.270 e. The molecule has 138 valence electrons. The Morgan fingerprint density at radius 2 is 1.70 bits per heavy atom. The van der Waals surface area contributed by atoms with Gasteiger partial charge in [0.1, 0.15) is 5.69 Å². The predicted octanol–water partition coefficient (Wildman–Crippen LogP) is 4.60. The fourth-order valence-corrected chi connectivity index (χ4v) is 3.03. The quantitative estimate of drug-likeness (QED) is 0.670. The zero-order valence-electron chi connectivity index (χ0n) is 15.8. The van der Waals surface area contributed by atoms with Crippen molar-refractivity contribution >= 4 is 11.6 Å². The van der Waals surface area contributed by atoms with Crippen molar-refractivity contribution in [2.45, 2.75) is 26.4 Å². The van der Waals surface area contributed by atoms with Crippen LogP contribution in [-0.2, 0) is 6.54 Å². The number of pyridine rings is 1. The lowest BCUT2D eigenvalue weighted by Gasteiger charge is -2.23. The van der Waals surface area contributed by atoms with E-state index >= 15 is 0 Å². The van der Waals surface area contributed by atoms with Crippen molar-refractivity contribution in [3.8, 4) is 0 Å². The number of hydrogen-bond donors (Lipinski definition) is 1. The lowest BCUT2D eigenvalue weighted by Crippen LogP contribution is -2.28. The molecule has 0 fully saturated rings. The van der Waals surface area contributed by atoms with Crippen molar-refractivity contribution in [3.63, 3.8) is 0 Å². The maximum absolute atomic E-state index is 12.7. The van der Waals surface area contributed by atoms with Crippen molar-refractivity contribution < 1.29 is 4.79 Å². The van der Waals surface area contributed by atoms with Crippen LogP contribution in [0.1, 0.15) is 41.5 Å². The summed E-state index contributed by atoms with van der Waals surface area (Å²) in [7, 11) is 0. The largest absolute Gasteiger partial charge is 0.367 e. The van der Waals surface area contributed by atoms with E-state index in [2.05, 4.69) is 34.3 Å². The number of aromatic nitrogens is 1. The molecule has 0 aliphatic rings. The van der Waals surface area contributed by atoms with E-state index < -0.39 is 0 Å². The van der Waals surface area contributed by atoms with Crippen molar-refractivity contribution in [1.82, 2.24) is 10.3 Å². The number of rotatable bonds is 7. The molecular weight excluding hydrogens is 334 g/mol. The highest BCUT2D eigenvalue weighted by atomic mass is 16.1. The second kappa shape index (κ2) is 8.99. The zero-order chi connectivity index (χ0) is 19.1. The molecule has 27 heavy (non-hydrogen) atoms. The number of amides is 1. The van der Waals surface area contributed by atoms with Crippen LogP contribution in [0.25, 0.3) is 0 Å². The SMILES string of the molecule is CCN(Cc1ccccc1)c1ccnc(C(=O)NC(C)c2ccccc2)c1. The lowest BCUT2D eigenvalue weighted by atomic mass is 10.1. The van der Waals surface area contributed by atoms with Crippen molar-refractivity contribution in [2.75, 3.05) is 11.4 Å². The van der Waals surface area contributed by atoms with Gasteiger partial charge < -0.3 is 10.2 Å². The molecule has 1 atom stereocenters. The van der Waals surface area contributed by atoms with Gasteiger partial charge in [-0.05, 0) is 37.1 Å². The average Bonchev–Trinajstić information content (AvgIpc) is 2.73. The first-order valence-corrected chi connectivity index (χ1v) is 9.28. The van der Waals surface area contributed by atoms with Crippen molar-refractivity contribution in [2.24, 2.45) is 0 Å². The second-order valence-electron chi connectivity index (χ2n) is 6.50. The molecule has 1 aromatic heterocycles. The Bertz CT molecular complexity index is 865. The first-order valence-electron chi connectivity index (χ1n) is 9.28. The van der Waals surface area contributed by atoms with Gasteiger partial charge in [-0.1, -0.05) is 60.7 Å². The minimum absolute atomic E-state index is 0.0734. The summed E-state index contributed by atoms with van der Waals surface area (Å²) < 4.78 is 0. The van der Waals surface area contributed by atoms with Crippen LogP contribution in [0.4, 0.5) is 5.69 Å². The van der Waals surface area contributed by atoms with E-state index in [1.807, 2.05) is 67.6 Å². The summed E-state index contributed by atoms with van der Waals surface area (Å²) in [4.78, 5) is 19.2. The summed E-state index contributed by atoms with van der Waals surface area (Å²) in [5.74, 6) is -0.163. The van der Waals surface area contributed by atoms with Crippen molar-refractivity contribution in [3.05, 3.63) is 95.8 Å². The topological polar surface area (TPSA) is 45.2 Å². The third kappa shape index (κ3) is 4.94.